The van der Waals surface area contributed by atoms with Crippen molar-refractivity contribution in [3.8, 4) is 0 Å². The largest absolute Gasteiger partial charge is 0.269 e. The number of fused-ring (bicyclic) bond motifs is 4. The van der Waals surface area contributed by atoms with E-state index in [1.54, 1.807) is 6.07 Å². The molecule has 2 aromatic rings. The number of hydrogen-bond acceptors (Lipinski definition) is 2. The third-order valence-electron chi connectivity index (χ3n) is 4.11. The van der Waals surface area contributed by atoms with E-state index in [1.807, 2.05) is 29.3 Å². The summed E-state index contributed by atoms with van der Waals surface area (Å²) in [5.41, 5.74) is 3.22. The molecule has 0 saturated carbocycles. The first-order valence-corrected chi connectivity index (χ1v) is 7.27. The number of nitrogens with zero attached hydrogens (tertiary/aromatic N) is 1. The first-order chi connectivity index (χ1) is 10.3. The minimum atomic E-state index is -0.173. The molecule has 1 fully saturated rings. The highest BCUT2D eigenvalue weighted by Gasteiger charge is 2.38. The number of anilines is 1. The van der Waals surface area contributed by atoms with Crippen LogP contribution in [-0.2, 0) is 11.3 Å². The molecule has 0 radical (unpaired) electrons. The van der Waals surface area contributed by atoms with Gasteiger partial charge in [0.2, 0.25) is 0 Å². The van der Waals surface area contributed by atoms with Crippen molar-refractivity contribution in [2.45, 2.75) is 25.0 Å². The standard InChI is InChI=1S/C18H16FNO/c19-15-7-9-18-14(10-15)11-17-12-16(20(18)21-17)8-6-13-4-2-1-3-5-13/h1-10,16-17H,11-12H2/b8-6+/t16-,17+/m1/s1. The van der Waals surface area contributed by atoms with E-state index in [2.05, 4.69) is 24.3 Å². The second-order valence-corrected chi connectivity index (χ2v) is 5.60. The molecule has 2 aliphatic heterocycles. The molecular formula is C18H16FNO. The van der Waals surface area contributed by atoms with Crippen LogP contribution < -0.4 is 5.06 Å². The van der Waals surface area contributed by atoms with Crippen LogP contribution in [-0.4, -0.2) is 12.1 Å². The van der Waals surface area contributed by atoms with Crippen LogP contribution in [0.3, 0.4) is 0 Å². The molecule has 1 saturated heterocycles. The van der Waals surface area contributed by atoms with Crippen LogP contribution in [0, 0.1) is 5.82 Å². The van der Waals surface area contributed by atoms with Crippen LogP contribution in [0.25, 0.3) is 6.08 Å². The van der Waals surface area contributed by atoms with E-state index in [1.165, 1.54) is 11.6 Å². The lowest BCUT2D eigenvalue weighted by molar-refractivity contribution is 0.0751. The Labute approximate surface area is 123 Å². The van der Waals surface area contributed by atoms with Crippen molar-refractivity contribution in [2.24, 2.45) is 0 Å². The van der Waals surface area contributed by atoms with Crippen molar-refractivity contribution in [1.29, 1.82) is 0 Å². The molecule has 0 spiro atoms. The Morgan fingerprint density at radius 3 is 2.86 bits per heavy atom. The summed E-state index contributed by atoms with van der Waals surface area (Å²) in [4.78, 5) is 5.92. The van der Waals surface area contributed by atoms with Gasteiger partial charge in [-0.2, -0.15) is 0 Å². The molecule has 2 heterocycles. The first kappa shape index (κ1) is 12.6. The first-order valence-electron chi connectivity index (χ1n) is 7.27. The van der Waals surface area contributed by atoms with Gasteiger partial charge >= 0.3 is 0 Å². The third kappa shape index (κ3) is 2.34. The Kier molecular flexibility index (Phi) is 3.00. The highest BCUT2D eigenvalue weighted by molar-refractivity contribution is 5.58. The van der Waals surface area contributed by atoms with Gasteiger partial charge in [-0.15, -0.1) is 0 Å². The van der Waals surface area contributed by atoms with E-state index in [0.717, 1.165) is 24.1 Å². The lowest BCUT2D eigenvalue weighted by Gasteiger charge is -2.29. The number of hydrogen-bond donors (Lipinski definition) is 0. The molecule has 106 valence electrons. The predicted octanol–water partition coefficient (Wildman–Crippen LogP) is 3.97. The van der Waals surface area contributed by atoms with Crippen molar-refractivity contribution < 1.29 is 9.23 Å². The van der Waals surface area contributed by atoms with Crippen LogP contribution >= 0.6 is 0 Å². The van der Waals surface area contributed by atoms with Crippen LogP contribution in [0.5, 0.6) is 0 Å². The van der Waals surface area contributed by atoms with E-state index >= 15 is 0 Å². The van der Waals surface area contributed by atoms with Gasteiger partial charge in [0.15, 0.2) is 0 Å². The van der Waals surface area contributed by atoms with Crippen LogP contribution in [0.4, 0.5) is 10.1 Å². The Balaban J connectivity index is 1.61. The van der Waals surface area contributed by atoms with E-state index in [9.17, 15) is 4.39 Å². The highest BCUT2D eigenvalue weighted by atomic mass is 19.1. The molecule has 3 heteroatoms. The average molecular weight is 281 g/mol. The van der Waals surface area contributed by atoms with Crippen molar-refractivity contribution in [2.75, 3.05) is 5.06 Å². The SMILES string of the molecule is Fc1ccc2c(c1)C[C@H]1C[C@@H](/C=C/c3ccccc3)N2O1. The number of rotatable bonds is 2. The molecule has 0 N–H and O–H groups in total. The van der Waals surface area contributed by atoms with Crippen molar-refractivity contribution >= 4 is 11.8 Å². The van der Waals surface area contributed by atoms with Crippen LogP contribution in [0.15, 0.2) is 54.6 Å². The zero-order valence-electron chi connectivity index (χ0n) is 11.6. The quantitative estimate of drug-likeness (QED) is 0.825. The van der Waals surface area contributed by atoms with E-state index in [0.29, 0.717) is 0 Å². The van der Waals surface area contributed by atoms with E-state index < -0.39 is 0 Å². The Morgan fingerprint density at radius 1 is 1.14 bits per heavy atom. The second-order valence-electron chi connectivity index (χ2n) is 5.60. The number of benzene rings is 2. The summed E-state index contributed by atoms with van der Waals surface area (Å²) in [5.74, 6) is -0.173. The lowest BCUT2D eigenvalue weighted by Crippen LogP contribution is -2.30. The number of hydroxylamine groups is 1. The van der Waals surface area contributed by atoms with Gasteiger partial charge in [0.25, 0.3) is 0 Å². The molecule has 2 aromatic carbocycles. The minimum Gasteiger partial charge on any atom is -0.269 e. The molecule has 4 rings (SSSR count). The maximum atomic E-state index is 13.4. The van der Waals surface area contributed by atoms with Crippen LogP contribution in [0.1, 0.15) is 17.5 Å². The summed E-state index contributed by atoms with van der Waals surface area (Å²) in [6, 6.07) is 15.4. The van der Waals surface area contributed by atoms with Gasteiger partial charge in [-0.3, -0.25) is 4.84 Å². The van der Waals surface area contributed by atoms with Gasteiger partial charge in [0, 0.05) is 12.8 Å². The van der Waals surface area contributed by atoms with Gasteiger partial charge in [-0.05, 0) is 29.3 Å². The van der Waals surface area contributed by atoms with E-state index in [-0.39, 0.29) is 18.0 Å². The zero-order valence-corrected chi connectivity index (χ0v) is 11.6. The topological polar surface area (TPSA) is 12.5 Å². The zero-order chi connectivity index (χ0) is 14.2. The summed E-state index contributed by atoms with van der Waals surface area (Å²) in [6.07, 6.45) is 6.19. The van der Waals surface area contributed by atoms with Crippen molar-refractivity contribution in [1.82, 2.24) is 0 Å². The molecule has 0 aliphatic carbocycles. The number of halogens is 1. The summed E-state index contributed by atoms with van der Waals surface area (Å²) < 4.78 is 13.4. The Hall–Kier alpha value is -2.13. The smallest absolute Gasteiger partial charge is 0.123 e. The average Bonchev–Trinajstić information content (AvgIpc) is 2.83. The molecule has 2 bridgehead atoms. The maximum Gasteiger partial charge on any atom is 0.123 e. The molecule has 2 atom stereocenters. The Bertz CT molecular complexity index is 683. The van der Waals surface area contributed by atoms with Crippen molar-refractivity contribution in [3.05, 3.63) is 71.6 Å². The molecule has 2 aliphatic rings. The molecular weight excluding hydrogens is 265 g/mol. The minimum absolute atomic E-state index is 0.157. The molecule has 0 aromatic heterocycles. The molecule has 0 unspecified atom stereocenters. The van der Waals surface area contributed by atoms with Crippen molar-refractivity contribution in [3.63, 3.8) is 0 Å². The fourth-order valence-electron chi connectivity index (χ4n) is 3.12. The fourth-order valence-corrected chi connectivity index (χ4v) is 3.12. The summed E-state index contributed by atoms with van der Waals surface area (Å²) in [5, 5.41) is 1.93. The van der Waals surface area contributed by atoms with Crippen LogP contribution in [0.2, 0.25) is 0 Å². The Morgan fingerprint density at radius 2 is 2.00 bits per heavy atom. The van der Waals surface area contributed by atoms with Gasteiger partial charge in [-0.1, -0.05) is 42.5 Å². The predicted molar refractivity (Wildman–Crippen MR) is 81.3 cm³/mol. The maximum absolute atomic E-state index is 13.4. The van der Waals surface area contributed by atoms with Gasteiger partial charge in [0.1, 0.15) is 5.82 Å². The summed E-state index contributed by atoms with van der Waals surface area (Å²) >= 11 is 0. The monoisotopic (exact) mass is 281 g/mol. The molecule has 0 amide bonds. The highest BCUT2D eigenvalue weighted by Crippen LogP contribution is 2.38. The third-order valence-corrected chi connectivity index (χ3v) is 4.11. The summed E-state index contributed by atoms with van der Waals surface area (Å²) in [6.45, 7) is 0. The van der Waals surface area contributed by atoms with Gasteiger partial charge < -0.3 is 0 Å². The second kappa shape index (κ2) is 5.01. The van der Waals surface area contributed by atoms with E-state index in [4.69, 9.17) is 4.84 Å². The fraction of sp³-hybridized carbons (Fsp3) is 0.222. The normalized spacial score (nSPS) is 23.6. The van der Waals surface area contributed by atoms with Gasteiger partial charge in [0.05, 0.1) is 17.8 Å². The van der Waals surface area contributed by atoms with Gasteiger partial charge in [-0.25, -0.2) is 9.45 Å². The molecule has 21 heavy (non-hydrogen) atoms. The summed E-state index contributed by atoms with van der Waals surface area (Å²) in [7, 11) is 0. The lowest BCUT2D eigenvalue weighted by atomic mass is 10.0. The molecule has 2 nitrogen and oxygen atoms in total.